The lowest BCUT2D eigenvalue weighted by atomic mass is 10.0. The molecule has 0 heterocycles. The van der Waals surface area contributed by atoms with E-state index in [-0.39, 0.29) is 11.9 Å². The van der Waals surface area contributed by atoms with Crippen LogP contribution in [0.15, 0.2) is 30.3 Å². The van der Waals surface area contributed by atoms with Crippen molar-refractivity contribution in [2.75, 3.05) is 6.61 Å². The van der Waals surface area contributed by atoms with Gasteiger partial charge in [0.25, 0.3) is 0 Å². The van der Waals surface area contributed by atoms with Gasteiger partial charge in [-0.15, -0.1) is 0 Å². The van der Waals surface area contributed by atoms with Gasteiger partial charge in [0.2, 0.25) is 0 Å². The minimum atomic E-state index is 0.0178. The molecule has 2 nitrogen and oxygen atoms in total. The number of hydrogen-bond donors (Lipinski definition) is 0. The predicted molar refractivity (Wildman–Crippen MR) is 123 cm³/mol. The van der Waals surface area contributed by atoms with Crippen LogP contribution < -0.4 is 0 Å². The van der Waals surface area contributed by atoms with Crippen LogP contribution in [0, 0.1) is 5.92 Å². The monoisotopic (exact) mass is 400 g/mol. The van der Waals surface area contributed by atoms with Crippen LogP contribution in [0.1, 0.15) is 121 Å². The van der Waals surface area contributed by atoms with Crippen LogP contribution in [0.25, 0.3) is 0 Å². The Bertz CT molecular complexity index is 525. The maximum absolute atomic E-state index is 12.1. The van der Waals surface area contributed by atoms with Crippen molar-refractivity contribution in [2.24, 2.45) is 5.92 Å². The molecular weight excluding hydrogens is 356 g/mol. The van der Waals surface area contributed by atoms with Crippen molar-refractivity contribution in [1.29, 1.82) is 0 Å². The summed E-state index contributed by atoms with van der Waals surface area (Å²) in [7, 11) is 0. The first-order chi connectivity index (χ1) is 14.3. The summed E-state index contributed by atoms with van der Waals surface area (Å²) in [6.07, 6.45) is 21.4. The Balaban J connectivity index is 1.30. The summed E-state index contributed by atoms with van der Waals surface area (Å²) in [4.78, 5) is 12.1. The summed E-state index contributed by atoms with van der Waals surface area (Å²) in [5.74, 6) is 0.516. The molecule has 0 aromatic heterocycles. The van der Waals surface area contributed by atoms with Crippen LogP contribution in [0.2, 0.25) is 0 Å². The van der Waals surface area contributed by atoms with E-state index < -0.39 is 0 Å². The van der Waals surface area contributed by atoms with E-state index in [1.165, 1.54) is 95.5 Å². The van der Waals surface area contributed by atoms with E-state index in [4.69, 9.17) is 4.74 Å². The number of esters is 1. The van der Waals surface area contributed by atoms with Crippen LogP contribution in [0.4, 0.5) is 0 Å². The SMILES string of the molecule is CCCCCCCCCCCCCCCCCOC(=O)C1CC1c1ccccc1. The second kappa shape index (κ2) is 15.5. The van der Waals surface area contributed by atoms with Crippen molar-refractivity contribution in [1.82, 2.24) is 0 Å². The summed E-state index contributed by atoms with van der Waals surface area (Å²) in [6.45, 7) is 2.89. The third-order valence-electron chi connectivity index (χ3n) is 6.31. The predicted octanol–water partition coefficient (Wildman–Crippen LogP) is 8.20. The van der Waals surface area contributed by atoms with Crippen LogP contribution in [0.3, 0.4) is 0 Å². The Morgan fingerprint density at radius 1 is 0.759 bits per heavy atom. The lowest BCUT2D eigenvalue weighted by Gasteiger charge is -2.05. The van der Waals surface area contributed by atoms with Crippen molar-refractivity contribution in [2.45, 2.75) is 116 Å². The molecule has 0 amide bonds. The fourth-order valence-corrected chi connectivity index (χ4v) is 4.28. The molecule has 0 saturated heterocycles. The molecule has 164 valence electrons. The molecule has 2 heteroatoms. The van der Waals surface area contributed by atoms with E-state index in [0.29, 0.717) is 12.5 Å². The Morgan fingerprint density at radius 3 is 1.76 bits per heavy atom. The van der Waals surface area contributed by atoms with Gasteiger partial charge >= 0.3 is 5.97 Å². The van der Waals surface area contributed by atoms with Gasteiger partial charge in [-0.25, -0.2) is 0 Å². The number of carbonyl (C=O) groups excluding carboxylic acids is 1. The maximum atomic E-state index is 12.1. The smallest absolute Gasteiger partial charge is 0.309 e. The fraction of sp³-hybridized carbons (Fsp3) is 0.741. The Morgan fingerprint density at radius 2 is 1.24 bits per heavy atom. The summed E-state index contributed by atoms with van der Waals surface area (Å²) in [6, 6.07) is 10.4. The van der Waals surface area contributed by atoms with Gasteiger partial charge in [-0.2, -0.15) is 0 Å². The minimum Gasteiger partial charge on any atom is -0.465 e. The molecule has 0 radical (unpaired) electrons. The molecule has 1 aliphatic carbocycles. The molecule has 0 bridgehead atoms. The van der Waals surface area contributed by atoms with Crippen LogP contribution in [0.5, 0.6) is 0 Å². The number of benzene rings is 1. The highest BCUT2D eigenvalue weighted by Gasteiger charge is 2.44. The van der Waals surface area contributed by atoms with E-state index >= 15 is 0 Å². The van der Waals surface area contributed by atoms with Crippen LogP contribution in [-0.4, -0.2) is 12.6 Å². The normalized spacial score (nSPS) is 18.0. The Hall–Kier alpha value is -1.31. The van der Waals surface area contributed by atoms with Crippen LogP contribution >= 0.6 is 0 Å². The van der Waals surface area contributed by atoms with E-state index in [0.717, 1.165) is 12.8 Å². The van der Waals surface area contributed by atoms with E-state index in [1.807, 2.05) is 18.2 Å². The quantitative estimate of drug-likeness (QED) is 0.183. The third kappa shape index (κ3) is 10.9. The van der Waals surface area contributed by atoms with Gasteiger partial charge < -0.3 is 4.74 Å². The highest BCUT2D eigenvalue weighted by atomic mass is 16.5. The number of hydrogen-bond acceptors (Lipinski definition) is 2. The molecular formula is C27H44O2. The number of rotatable bonds is 18. The highest BCUT2D eigenvalue weighted by Crippen LogP contribution is 2.48. The number of carbonyl (C=O) groups is 1. The maximum Gasteiger partial charge on any atom is 0.309 e. The van der Waals surface area contributed by atoms with Crippen molar-refractivity contribution >= 4 is 5.97 Å². The van der Waals surface area contributed by atoms with Crippen molar-refractivity contribution in [3.63, 3.8) is 0 Å². The molecule has 2 rings (SSSR count). The second-order valence-corrected chi connectivity index (χ2v) is 8.98. The highest BCUT2D eigenvalue weighted by molar-refractivity contribution is 5.77. The molecule has 0 N–H and O–H groups in total. The zero-order valence-corrected chi connectivity index (χ0v) is 18.9. The van der Waals surface area contributed by atoms with Gasteiger partial charge in [-0.3, -0.25) is 4.79 Å². The van der Waals surface area contributed by atoms with E-state index in [9.17, 15) is 4.79 Å². The second-order valence-electron chi connectivity index (χ2n) is 8.98. The molecule has 2 unspecified atom stereocenters. The summed E-state index contributed by atoms with van der Waals surface area (Å²) in [5.41, 5.74) is 1.28. The lowest BCUT2D eigenvalue weighted by molar-refractivity contribution is -0.145. The number of ether oxygens (including phenoxy) is 1. The van der Waals surface area contributed by atoms with Gasteiger partial charge in [-0.05, 0) is 24.3 Å². The molecule has 1 aromatic rings. The van der Waals surface area contributed by atoms with Gasteiger partial charge in [0.1, 0.15) is 0 Å². The first-order valence-electron chi connectivity index (χ1n) is 12.5. The van der Waals surface area contributed by atoms with Crippen molar-refractivity contribution < 1.29 is 9.53 Å². The standard InChI is InChI=1S/C27H44O2/c1-2-3-4-5-6-7-8-9-10-11-12-13-14-15-19-22-29-27(28)26-23-25(26)24-20-17-16-18-21-24/h16-18,20-21,25-26H,2-15,19,22-23H2,1H3. The molecule has 1 saturated carbocycles. The molecule has 1 aromatic carbocycles. The third-order valence-corrected chi connectivity index (χ3v) is 6.31. The van der Waals surface area contributed by atoms with Crippen molar-refractivity contribution in [3.05, 3.63) is 35.9 Å². The zero-order valence-electron chi connectivity index (χ0n) is 18.9. The molecule has 2 atom stereocenters. The Labute approximate surface area is 179 Å². The zero-order chi connectivity index (χ0) is 20.6. The molecule has 0 aliphatic heterocycles. The summed E-state index contributed by atoms with van der Waals surface area (Å²) < 4.78 is 5.49. The number of unbranched alkanes of at least 4 members (excludes halogenated alkanes) is 14. The summed E-state index contributed by atoms with van der Waals surface area (Å²) >= 11 is 0. The van der Waals surface area contributed by atoms with Gasteiger partial charge in [0.15, 0.2) is 0 Å². The van der Waals surface area contributed by atoms with Crippen molar-refractivity contribution in [3.8, 4) is 0 Å². The van der Waals surface area contributed by atoms with Gasteiger partial charge in [0.05, 0.1) is 12.5 Å². The minimum absolute atomic E-state index is 0.0178. The average Bonchev–Trinajstić information content (AvgIpc) is 3.55. The Kier molecular flexibility index (Phi) is 12.8. The topological polar surface area (TPSA) is 26.3 Å². The summed E-state index contributed by atoms with van der Waals surface area (Å²) in [5, 5.41) is 0. The van der Waals surface area contributed by atoms with Gasteiger partial charge in [-0.1, -0.05) is 127 Å². The largest absolute Gasteiger partial charge is 0.465 e. The molecule has 1 aliphatic rings. The molecule has 0 spiro atoms. The van der Waals surface area contributed by atoms with E-state index in [2.05, 4.69) is 19.1 Å². The average molecular weight is 401 g/mol. The lowest BCUT2D eigenvalue weighted by Crippen LogP contribution is -2.09. The molecule has 1 fully saturated rings. The fourth-order valence-electron chi connectivity index (χ4n) is 4.28. The van der Waals surface area contributed by atoms with Crippen LogP contribution in [-0.2, 0) is 9.53 Å². The van der Waals surface area contributed by atoms with E-state index in [1.54, 1.807) is 0 Å². The first kappa shape index (κ1) is 24.0. The first-order valence-corrected chi connectivity index (χ1v) is 12.5. The molecule has 29 heavy (non-hydrogen) atoms. The van der Waals surface area contributed by atoms with Gasteiger partial charge in [0, 0.05) is 0 Å².